The molecule has 0 fully saturated rings. The number of rotatable bonds is 62. The minimum Gasteiger partial charge on any atom is -0.462 e. The van der Waals surface area contributed by atoms with Crippen molar-refractivity contribution >= 4 is 11.9 Å². The molecule has 466 valence electrons. The first-order valence-corrected chi connectivity index (χ1v) is 34.4. The first-order chi connectivity index (χ1) is 40.6. The summed E-state index contributed by atoms with van der Waals surface area (Å²) in [5.74, 6) is -0.610. The summed E-state index contributed by atoms with van der Waals surface area (Å²) in [5.41, 5.74) is 0. The molecule has 0 aromatic heterocycles. The molecule has 0 rings (SSSR count). The van der Waals surface area contributed by atoms with E-state index in [1.807, 2.05) is 0 Å². The monoisotopic (exact) mass is 1130 g/mol. The average Bonchev–Trinajstić information content (AvgIpc) is 3.49. The van der Waals surface area contributed by atoms with Gasteiger partial charge >= 0.3 is 11.9 Å². The fourth-order valence-corrected chi connectivity index (χ4v) is 9.57. The van der Waals surface area contributed by atoms with Gasteiger partial charge in [0.2, 0.25) is 0 Å². The van der Waals surface area contributed by atoms with Gasteiger partial charge in [-0.2, -0.15) is 0 Å². The molecule has 0 aliphatic rings. The summed E-state index contributed by atoms with van der Waals surface area (Å²) < 4.78 is 10.7. The lowest BCUT2D eigenvalue weighted by Crippen LogP contribution is -2.28. The molecule has 0 bridgehead atoms. The number of carbonyl (C=O) groups excluding carboxylic acids is 2. The molecule has 0 aromatic rings. The zero-order valence-electron chi connectivity index (χ0n) is 53.5. The van der Waals surface area contributed by atoms with Gasteiger partial charge in [0.05, 0.1) is 6.61 Å². The second kappa shape index (κ2) is 71.0. The van der Waals surface area contributed by atoms with Crippen LogP contribution in [0.3, 0.4) is 0 Å². The van der Waals surface area contributed by atoms with E-state index in [0.29, 0.717) is 12.8 Å². The Labute approximate surface area is 508 Å². The van der Waals surface area contributed by atoms with Crippen LogP contribution in [0, 0.1) is 0 Å². The zero-order chi connectivity index (χ0) is 59.1. The number of allylic oxidation sites excluding steroid dienone is 24. The highest BCUT2D eigenvalue weighted by Crippen LogP contribution is 2.17. The van der Waals surface area contributed by atoms with Crippen LogP contribution in [0.1, 0.15) is 309 Å². The molecule has 0 aliphatic carbocycles. The van der Waals surface area contributed by atoms with E-state index in [9.17, 15) is 14.7 Å². The Morgan fingerprint density at radius 2 is 0.488 bits per heavy atom. The van der Waals surface area contributed by atoms with Gasteiger partial charge in [-0.05, 0) is 116 Å². The Kier molecular flexibility index (Phi) is 67.4. The quantitative estimate of drug-likeness (QED) is 0.0373. The summed E-state index contributed by atoms with van der Waals surface area (Å²) in [6, 6.07) is 0. The van der Waals surface area contributed by atoms with E-state index in [4.69, 9.17) is 9.47 Å². The van der Waals surface area contributed by atoms with Gasteiger partial charge in [-0.3, -0.25) is 9.59 Å². The summed E-state index contributed by atoms with van der Waals surface area (Å²) in [7, 11) is 0. The van der Waals surface area contributed by atoms with E-state index in [1.54, 1.807) is 0 Å². The number of hydrogen-bond acceptors (Lipinski definition) is 5. The molecule has 1 atom stereocenters. The smallest absolute Gasteiger partial charge is 0.306 e. The lowest BCUT2D eigenvalue weighted by molar-refractivity contribution is -0.161. The average molecular weight is 1130 g/mol. The van der Waals surface area contributed by atoms with Crippen molar-refractivity contribution in [1.82, 2.24) is 0 Å². The number of aliphatic hydroxyl groups is 1. The second-order valence-corrected chi connectivity index (χ2v) is 22.5. The van der Waals surface area contributed by atoms with Crippen molar-refractivity contribution in [1.29, 1.82) is 0 Å². The lowest BCUT2D eigenvalue weighted by Gasteiger charge is -2.15. The predicted molar refractivity (Wildman–Crippen MR) is 361 cm³/mol. The van der Waals surface area contributed by atoms with Gasteiger partial charge in [-0.15, -0.1) is 0 Å². The van der Waals surface area contributed by atoms with Crippen LogP contribution in [0.15, 0.2) is 146 Å². The Balaban J connectivity index is 3.48. The van der Waals surface area contributed by atoms with E-state index >= 15 is 0 Å². The van der Waals surface area contributed by atoms with Crippen molar-refractivity contribution in [3.05, 3.63) is 146 Å². The molecule has 5 heteroatoms. The van der Waals surface area contributed by atoms with Gasteiger partial charge in [0, 0.05) is 12.8 Å². The standard InChI is InChI=1S/C77H128O5/c1-3-5-7-9-11-13-15-17-19-21-23-25-27-29-31-32-33-34-35-36-37-38-39-40-41-42-43-44-46-47-49-51-53-55-57-59-61-63-65-67-69-71-76(79)81-74-75(73-78)82-77(80)72-70-68-66-64-62-60-58-56-54-52-50-48-45-30-28-26-24-22-20-18-16-14-12-10-8-6-4-2/h5-8,11-14,17-20,23-26,29-31,45,50,52,56,58,75,78H,3-4,9-10,15-16,21-22,27-28,32-44,46-49,51,53-55,57,59-74H2,1-2H3/b7-5-,8-6-,13-11-,14-12-,19-17-,20-18-,25-23-,26-24-,31-29-,45-30-,52-50-,58-56-. The summed E-state index contributed by atoms with van der Waals surface area (Å²) in [4.78, 5) is 24.6. The van der Waals surface area contributed by atoms with Gasteiger partial charge in [-0.25, -0.2) is 0 Å². The Morgan fingerprint density at radius 1 is 0.280 bits per heavy atom. The summed E-state index contributed by atoms with van der Waals surface area (Å²) in [6.07, 6.45) is 107. The maximum absolute atomic E-state index is 12.3. The molecule has 82 heavy (non-hydrogen) atoms. The molecule has 1 N–H and O–H groups in total. The molecule has 0 amide bonds. The minimum atomic E-state index is -0.792. The number of carbonyl (C=O) groups is 2. The van der Waals surface area contributed by atoms with Crippen molar-refractivity contribution in [3.63, 3.8) is 0 Å². The van der Waals surface area contributed by atoms with Crippen LogP contribution in [0.5, 0.6) is 0 Å². The van der Waals surface area contributed by atoms with Crippen LogP contribution < -0.4 is 0 Å². The fourth-order valence-electron chi connectivity index (χ4n) is 9.57. The molecule has 0 aromatic carbocycles. The van der Waals surface area contributed by atoms with E-state index in [-0.39, 0.29) is 25.2 Å². The first-order valence-electron chi connectivity index (χ1n) is 34.4. The van der Waals surface area contributed by atoms with Crippen molar-refractivity contribution < 1.29 is 24.2 Å². The van der Waals surface area contributed by atoms with Crippen molar-refractivity contribution in [2.24, 2.45) is 0 Å². The maximum Gasteiger partial charge on any atom is 0.306 e. The number of hydrogen-bond donors (Lipinski definition) is 1. The summed E-state index contributed by atoms with van der Waals surface area (Å²) in [5, 5.41) is 9.69. The number of ether oxygens (including phenoxy) is 2. The molecule has 1 unspecified atom stereocenters. The van der Waals surface area contributed by atoms with Gasteiger partial charge in [0.1, 0.15) is 6.61 Å². The third-order valence-corrected chi connectivity index (χ3v) is 14.6. The van der Waals surface area contributed by atoms with Crippen molar-refractivity contribution in [3.8, 4) is 0 Å². The molecular weight excluding hydrogens is 1000 g/mol. The summed E-state index contributed by atoms with van der Waals surface area (Å²) in [6.45, 7) is 3.91. The zero-order valence-corrected chi connectivity index (χ0v) is 53.5. The maximum atomic E-state index is 12.3. The van der Waals surface area contributed by atoms with Gasteiger partial charge in [-0.1, -0.05) is 327 Å². The third kappa shape index (κ3) is 68.3. The van der Waals surface area contributed by atoms with Crippen LogP contribution in [-0.2, 0) is 19.1 Å². The molecule has 0 heterocycles. The van der Waals surface area contributed by atoms with Crippen LogP contribution in [-0.4, -0.2) is 36.4 Å². The topological polar surface area (TPSA) is 72.8 Å². The van der Waals surface area contributed by atoms with E-state index in [2.05, 4.69) is 160 Å². The molecular formula is C77H128O5. The number of unbranched alkanes of at least 4 members (excludes halogenated alkanes) is 30. The largest absolute Gasteiger partial charge is 0.462 e. The molecule has 0 saturated heterocycles. The lowest BCUT2D eigenvalue weighted by atomic mass is 10.0. The minimum absolute atomic E-state index is 0.0787. The van der Waals surface area contributed by atoms with Gasteiger partial charge in [0.25, 0.3) is 0 Å². The SMILES string of the molecule is CC/C=C\C/C=C\C/C=C\C/C=C\C/C=C\C/C=C\C/C=C\CCCCCCCC(=O)OC(CO)COC(=O)CCCCCCCCCCCCCCCCCCCCCCCCCCC/C=C\C/C=C\C/C=C\C/C=C\C/C=C\CC. The fraction of sp³-hybridized carbons (Fsp3) is 0.662. The van der Waals surface area contributed by atoms with Gasteiger partial charge < -0.3 is 14.6 Å². The van der Waals surface area contributed by atoms with E-state index in [1.165, 1.54) is 148 Å². The Bertz CT molecular complexity index is 1710. The van der Waals surface area contributed by atoms with Crippen molar-refractivity contribution in [2.45, 2.75) is 315 Å². The van der Waals surface area contributed by atoms with E-state index in [0.717, 1.165) is 135 Å². The van der Waals surface area contributed by atoms with Gasteiger partial charge in [0.15, 0.2) is 6.10 Å². The molecule has 5 nitrogen and oxygen atoms in total. The number of aliphatic hydroxyl groups excluding tert-OH is 1. The first kappa shape index (κ1) is 77.8. The highest BCUT2D eigenvalue weighted by atomic mass is 16.6. The Hall–Kier alpha value is -4.22. The Morgan fingerprint density at radius 3 is 0.732 bits per heavy atom. The highest BCUT2D eigenvalue weighted by molar-refractivity contribution is 5.70. The molecule has 0 saturated carbocycles. The number of esters is 2. The highest BCUT2D eigenvalue weighted by Gasteiger charge is 2.16. The molecule has 0 spiro atoms. The van der Waals surface area contributed by atoms with Crippen molar-refractivity contribution in [2.75, 3.05) is 13.2 Å². The third-order valence-electron chi connectivity index (χ3n) is 14.6. The van der Waals surface area contributed by atoms with Crippen LogP contribution >= 0.6 is 0 Å². The second-order valence-electron chi connectivity index (χ2n) is 22.5. The molecule has 0 aliphatic heterocycles. The normalized spacial score (nSPS) is 13.2. The predicted octanol–water partition coefficient (Wildman–Crippen LogP) is 24.1. The van der Waals surface area contributed by atoms with Crippen LogP contribution in [0.4, 0.5) is 0 Å². The van der Waals surface area contributed by atoms with E-state index < -0.39 is 6.10 Å². The summed E-state index contributed by atoms with van der Waals surface area (Å²) >= 11 is 0. The molecule has 0 radical (unpaired) electrons. The van der Waals surface area contributed by atoms with Crippen LogP contribution in [0.25, 0.3) is 0 Å². The van der Waals surface area contributed by atoms with Crippen LogP contribution in [0.2, 0.25) is 0 Å².